The van der Waals surface area contributed by atoms with E-state index in [-0.39, 0.29) is 0 Å². The molecule has 0 N–H and O–H groups in total. The highest BCUT2D eigenvalue weighted by Crippen LogP contribution is 2.69. The lowest BCUT2D eigenvalue weighted by atomic mass is 9.71. The van der Waals surface area contributed by atoms with Crippen LogP contribution in [0.2, 0.25) is 0 Å². The first-order chi connectivity index (χ1) is 51.3. The first-order valence-corrected chi connectivity index (χ1v) is 37.4. The minimum Gasteiger partial charge on any atom is -0.0622 e. The average Bonchev–Trinajstić information content (AvgIpc) is 1.48. The molecule has 19 aromatic rings. The fourth-order valence-corrected chi connectivity index (χ4v) is 20.1. The summed E-state index contributed by atoms with van der Waals surface area (Å²) in [4.78, 5) is 0. The molecule has 22 rings (SSSR count). The van der Waals surface area contributed by atoms with Crippen LogP contribution in [0.3, 0.4) is 0 Å². The SMILES string of the molecule is CC1(C)c2cc3c4cc(-c5cccc(-c6ccccc6)c5)ccc4c4ccccc4c3cc2-c2c1c1c(c3c2C(C)(C)c2cc4c5cc(-c6cccc(-c7ccccc7)c6)ccc5c5ccccc5c4cc2-3)C(C)(C)c2cc3c4cc(-c5cccc(-c6ccccc6)c5)ccc4c4ccccc4c3cc2-1. The molecule has 0 radical (unpaired) electrons. The molecule has 0 atom stereocenters. The van der Waals surface area contributed by atoms with E-state index < -0.39 is 16.2 Å². The molecule has 0 unspecified atom stereocenters. The van der Waals surface area contributed by atoms with Gasteiger partial charge in [0.25, 0.3) is 0 Å². The maximum atomic E-state index is 2.66. The predicted molar refractivity (Wildman–Crippen MR) is 449 cm³/mol. The minimum atomic E-state index is -0.435. The molecule has 0 saturated carbocycles. The minimum absolute atomic E-state index is 0.435. The van der Waals surface area contributed by atoms with Gasteiger partial charge in [-0.1, -0.05) is 296 Å². The normalized spacial score (nSPS) is 14.2. The number of hydrogen-bond acceptors (Lipinski definition) is 0. The Labute approximate surface area is 611 Å². The fraction of sp³-hybridized carbons (Fsp3) is 0.0857. The van der Waals surface area contributed by atoms with Crippen LogP contribution in [0.25, 0.3) is 197 Å². The average molecular weight is 1330 g/mol. The molecular formula is C105H72. The first-order valence-electron chi connectivity index (χ1n) is 37.4. The van der Waals surface area contributed by atoms with Crippen LogP contribution in [0, 0.1) is 0 Å². The summed E-state index contributed by atoms with van der Waals surface area (Å²) >= 11 is 0. The van der Waals surface area contributed by atoms with Crippen LogP contribution in [-0.2, 0) is 16.2 Å². The van der Waals surface area contributed by atoms with Gasteiger partial charge in [-0.25, -0.2) is 0 Å². The monoisotopic (exact) mass is 1330 g/mol. The summed E-state index contributed by atoms with van der Waals surface area (Å²) in [6.07, 6.45) is 0. The zero-order valence-electron chi connectivity index (χ0n) is 59.7. The van der Waals surface area contributed by atoms with Gasteiger partial charge >= 0.3 is 0 Å². The number of benzene rings is 19. The Balaban J connectivity index is 0.831. The Hall–Kier alpha value is -12.5. The van der Waals surface area contributed by atoms with Crippen LogP contribution in [0.1, 0.15) is 74.9 Å². The summed E-state index contributed by atoms with van der Waals surface area (Å²) in [7, 11) is 0. The van der Waals surface area contributed by atoms with Gasteiger partial charge in [0, 0.05) is 16.2 Å². The summed E-state index contributed by atoms with van der Waals surface area (Å²) in [6.45, 7) is 15.4. The van der Waals surface area contributed by atoms with Gasteiger partial charge in [0.2, 0.25) is 0 Å². The molecule has 3 aliphatic rings. The summed E-state index contributed by atoms with van der Waals surface area (Å²) in [5.41, 5.74) is 30.2. The van der Waals surface area contributed by atoms with Gasteiger partial charge in [0.15, 0.2) is 0 Å². The number of hydrogen-bond donors (Lipinski definition) is 0. The van der Waals surface area contributed by atoms with Crippen molar-refractivity contribution >= 4 is 97.0 Å². The Bertz CT molecular complexity index is 6360. The molecule has 0 saturated heterocycles. The maximum absolute atomic E-state index is 2.66. The molecule has 19 aromatic carbocycles. The topological polar surface area (TPSA) is 0 Å². The smallest absolute Gasteiger partial charge is 0.0165 e. The standard InChI is InChI=1S/C105H72/c1-103(2)94-58-88-82-52-70(67-34-22-31-64(49-67)61-25-10-7-11-26-61)43-46-79(82)73-37-16-19-40-76(73)85(88)55-91(94)97-100(103)98-92-56-86-77-41-20-17-38-74(77)80-47-44-71(68-35-23-32-65(50-68)62-27-12-8-13-28-62)53-83(80)89(86)59-95(92)104(3,4)102(98)99-93-57-87-78-42-21-18-39-75(78)81-48-45-72(54-84(81)90(87)60-96(93)105(5,6)101(97)99)69-36-24-33-66(51-69)63-29-14-9-15-30-63/h7-60H,1-6H3. The Morgan fingerprint density at radius 3 is 0.600 bits per heavy atom. The van der Waals surface area contributed by atoms with Crippen molar-refractivity contribution in [1.29, 1.82) is 0 Å². The molecule has 0 heterocycles. The molecular weight excluding hydrogens is 1260 g/mol. The van der Waals surface area contributed by atoms with Gasteiger partial charge in [-0.2, -0.15) is 0 Å². The zero-order chi connectivity index (χ0) is 69.9. The second kappa shape index (κ2) is 21.8. The first kappa shape index (κ1) is 60.1. The van der Waals surface area contributed by atoms with E-state index >= 15 is 0 Å². The van der Waals surface area contributed by atoms with Crippen LogP contribution in [0.15, 0.2) is 328 Å². The number of rotatable bonds is 6. The second-order valence-corrected chi connectivity index (χ2v) is 31.7. The van der Waals surface area contributed by atoms with Crippen molar-refractivity contribution in [3.05, 3.63) is 361 Å². The van der Waals surface area contributed by atoms with E-state index in [1.165, 1.54) is 230 Å². The lowest BCUT2D eigenvalue weighted by Crippen LogP contribution is -2.22. The molecule has 0 bridgehead atoms. The lowest BCUT2D eigenvalue weighted by Gasteiger charge is -2.31. The second-order valence-electron chi connectivity index (χ2n) is 31.7. The Kier molecular flexibility index (Phi) is 12.5. The van der Waals surface area contributed by atoms with Crippen molar-refractivity contribution < 1.29 is 0 Å². The third-order valence-corrected chi connectivity index (χ3v) is 25.0. The molecule has 0 amide bonds. The van der Waals surface area contributed by atoms with Crippen molar-refractivity contribution in [2.24, 2.45) is 0 Å². The van der Waals surface area contributed by atoms with Crippen LogP contribution in [0.4, 0.5) is 0 Å². The highest BCUT2D eigenvalue weighted by atomic mass is 14.6. The Morgan fingerprint density at radius 2 is 0.333 bits per heavy atom. The van der Waals surface area contributed by atoms with E-state index in [1.54, 1.807) is 0 Å². The molecule has 3 aliphatic carbocycles. The molecule has 0 aliphatic heterocycles. The van der Waals surface area contributed by atoms with Gasteiger partial charge in [-0.3, -0.25) is 0 Å². The van der Waals surface area contributed by atoms with Crippen molar-refractivity contribution in [2.45, 2.75) is 57.8 Å². The van der Waals surface area contributed by atoms with Gasteiger partial charge in [0.1, 0.15) is 0 Å². The molecule has 0 nitrogen and oxygen atoms in total. The summed E-state index contributed by atoms with van der Waals surface area (Å²) in [6, 6.07) is 125. The van der Waals surface area contributed by atoms with Gasteiger partial charge in [-0.05, 0) is 303 Å². The van der Waals surface area contributed by atoms with Gasteiger partial charge in [0.05, 0.1) is 0 Å². The van der Waals surface area contributed by atoms with Crippen molar-refractivity contribution in [3.63, 3.8) is 0 Å². The quantitative estimate of drug-likeness (QED) is 0.146. The highest BCUT2D eigenvalue weighted by Gasteiger charge is 2.53. The summed E-state index contributed by atoms with van der Waals surface area (Å²) < 4.78 is 0. The number of fused-ring (bicyclic) bond motifs is 30. The van der Waals surface area contributed by atoms with E-state index in [0.717, 1.165) is 0 Å². The molecule has 0 spiro atoms. The van der Waals surface area contributed by atoms with E-state index in [2.05, 4.69) is 369 Å². The maximum Gasteiger partial charge on any atom is 0.0165 e. The molecule has 105 heavy (non-hydrogen) atoms. The van der Waals surface area contributed by atoms with E-state index in [1.807, 2.05) is 0 Å². The van der Waals surface area contributed by atoms with Crippen LogP contribution in [-0.4, -0.2) is 0 Å². The largest absolute Gasteiger partial charge is 0.0622 e. The van der Waals surface area contributed by atoms with Crippen molar-refractivity contribution in [1.82, 2.24) is 0 Å². The fourth-order valence-electron chi connectivity index (χ4n) is 20.1. The van der Waals surface area contributed by atoms with E-state index in [4.69, 9.17) is 0 Å². The van der Waals surface area contributed by atoms with Gasteiger partial charge in [-0.15, -0.1) is 0 Å². The van der Waals surface area contributed by atoms with Gasteiger partial charge < -0.3 is 0 Å². The molecule has 0 aromatic heterocycles. The third kappa shape index (κ3) is 8.51. The summed E-state index contributed by atoms with van der Waals surface area (Å²) in [5, 5.41) is 23.2. The lowest BCUT2D eigenvalue weighted by molar-refractivity contribution is 0.636. The Morgan fingerprint density at radius 1 is 0.143 bits per heavy atom. The predicted octanol–water partition coefficient (Wildman–Crippen LogP) is 29.0. The third-order valence-electron chi connectivity index (χ3n) is 25.0. The molecule has 492 valence electrons. The summed E-state index contributed by atoms with van der Waals surface area (Å²) in [5.74, 6) is 0. The van der Waals surface area contributed by atoms with E-state index in [0.29, 0.717) is 0 Å². The van der Waals surface area contributed by atoms with Crippen LogP contribution >= 0.6 is 0 Å². The molecule has 0 heteroatoms. The van der Waals surface area contributed by atoms with Crippen molar-refractivity contribution in [2.75, 3.05) is 0 Å². The molecule has 0 fully saturated rings. The van der Waals surface area contributed by atoms with Crippen LogP contribution in [0.5, 0.6) is 0 Å². The van der Waals surface area contributed by atoms with E-state index in [9.17, 15) is 0 Å². The highest BCUT2D eigenvalue weighted by molar-refractivity contribution is 6.30. The van der Waals surface area contributed by atoms with Crippen LogP contribution < -0.4 is 0 Å². The zero-order valence-corrected chi connectivity index (χ0v) is 59.7. The van der Waals surface area contributed by atoms with Crippen molar-refractivity contribution in [3.8, 4) is 100 Å².